The Kier molecular flexibility index (Phi) is 5.05. The molecule has 5 heterocycles. The van der Waals surface area contributed by atoms with E-state index in [0.717, 1.165) is 22.3 Å². The highest BCUT2D eigenvalue weighted by atomic mass is 16.6. The van der Waals surface area contributed by atoms with Gasteiger partial charge in [-0.05, 0) is 22.3 Å². The second kappa shape index (κ2) is 8.55. The fourth-order valence-electron chi connectivity index (χ4n) is 8.48. The van der Waals surface area contributed by atoms with E-state index in [1.54, 1.807) is 9.80 Å². The normalized spacial score (nSPS) is 30.9. The van der Waals surface area contributed by atoms with Gasteiger partial charge in [0.25, 0.3) is 0 Å². The van der Waals surface area contributed by atoms with Crippen molar-refractivity contribution >= 4 is 24.0 Å². The average Bonchev–Trinajstić information content (AvgIpc) is 3.79. The third-order valence-corrected chi connectivity index (χ3v) is 9.85. The predicted octanol–water partition coefficient (Wildman–Crippen LogP) is 4.37. The molecule has 0 radical (unpaired) electrons. The SMILES string of the molecule is CN1C(=O)[C@]23[C@@H]4c5ccccc5[C@@H](N4C(=O)OCc4ccccc4)[C@@]2(C1=O)[C@@H]1C=C[C@H]3N1C(=O)OCc1ccccc1. The van der Waals surface area contributed by atoms with Crippen LogP contribution in [0.2, 0.25) is 0 Å². The van der Waals surface area contributed by atoms with Gasteiger partial charge in [0, 0.05) is 7.05 Å². The van der Waals surface area contributed by atoms with Crippen molar-refractivity contribution in [3.63, 3.8) is 0 Å². The molecule has 9 nitrogen and oxygen atoms in total. The molecule has 5 aliphatic heterocycles. The van der Waals surface area contributed by atoms with Crippen molar-refractivity contribution in [2.24, 2.45) is 10.8 Å². The van der Waals surface area contributed by atoms with Crippen LogP contribution in [-0.4, -0.2) is 57.8 Å². The van der Waals surface area contributed by atoms with E-state index in [2.05, 4.69) is 0 Å². The van der Waals surface area contributed by atoms with Crippen LogP contribution in [0.5, 0.6) is 0 Å². The fraction of sp³-hybridized carbons (Fsp3) is 0.273. The Morgan fingerprint density at radius 3 is 1.50 bits per heavy atom. The lowest BCUT2D eigenvalue weighted by Gasteiger charge is -2.42. The lowest BCUT2D eigenvalue weighted by molar-refractivity contribution is -0.143. The summed E-state index contributed by atoms with van der Waals surface area (Å²) < 4.78 is 11.6. The molecule has 6 atom stereocenters. The molecule has 3 fully saturated rings. The third-order valence-electron chi connectivity index (χ3n) is 9.85. The van der Waals surface area contributed by atoms with Crippen LogP contribution in [0.1, 0.15) is 34.3 Å². The van der Waals surface area contributed by atoms with Gasteiger partial charge in [-0.25, -0.2) is 9.59 Å². The van der Waals surface area contributed by atoms with Crippen LogP contribution in [0.15, 0.2) is 97.1 Å². The molecular weight excluding hydrogens is 534 g/mol. The summed E-state index contributed by atoms with van der Waals surface area (Å²) >= 11 is 0. The maximum absolute atomic E-state index is 14.4. The van der Waals surface area contributed by atoms with Crippen molar-refractivity contribution in [2.75, 3.05) is 7.05 Å². The number of carbonyl (C=O) groups is 4. The van der Waals surface area contributed by atoms with Gasteiger partial charge in [-0.3, -0.25) is 24.3 Å². The molecule has 210 valence electrons. The third kappa shape index (κ3) is 2.73. The molecule has 4 bridgehead atoms. The number of hydrogen-bond donors (Lipinski definition) is 0. The van der Waals surface area contributed by atoms with Gasteiger partial charge in [-0.1, -0.05) is 97.1 Å². The first-order valence-electron chi connectivity index (χ1n) is 14.0. The molecule has 8 rings (SSSR count). The van der Waals surface area contributed by atoms with Crippen molar-refractivity contribution in [2.45, 2.75) is 37.4 Å². The number of nitrogens with zero attached hydrogens (tertiary/aromatic N) is 3. The summed E-state index contributed by atoms with van der Waals surface area (Å²) in [5, 5.41) is 0. The van der Waals surface area contributed by atoms with Gasteiger partial charge in [0.15, 0.2) is 0 Å². The van der Waals surface area contributed by atoms with Crippen molar-refractivity contribution in [1.82, 2.24) is 14.7 Å². The summed E-state index contributed by atoms with van der Waals surface area (Å²) in [5.41, 5.74) is 0.430. The Bertz CT molecular complexity index is 1630. The molecule has 0 unspecified atom stereocenters. The molecule has 4 amide bonds. The van der Waals surface area contributed by atoms with Crippen LogP contribution in [0.4, 0.5) is 9.59 Å². The Balaban J connectivity index is 1.22. The topological polar surface area (TPSA) is 96.5 Å². The first-order chi connectivity index (χ1) is 20.4. The van der Waals surface area contributed by atoms with Gasteiger partial charge in [0.2, 0.25) is 11.8 Å². The summed E-state index contributed by atoms with van der Waals surface area (Å²) in [6.45, 7) is 0.110. The van der Waals surface area contributed by atoms with E-state index in [1.165, 1.54) is 11.9 Å². The number of fused-ring (bicyclic) bond motifs is 7. The summed E-state index contributed by atoms with van der Waals surface area (Å²) in [6, 6.07) is 23.1. The highest BCUT2D eigenvalue weighted by molar-refractivity contribution is 6.15. The first-order valence-corrected chi connectivity index (χ1v) is 14.0. The number of amides is 4. The van der Waals surface area contributed by atoms with Gasteiger partial charge < -0.3 is 9.47 Å². The van der Waals surface area contributed by atoms with Crippen molar-refractivity contribution < 1.29 is 28.7 Å². The molecule has 5 aliphatic rings. The molecule has 0 aliphatic carbocycles. The summed E-state index contributed by atoms with van der Waals surface area (Å²) in [5.74, 6) is -0.791. The van der Waals surface area contributed by atoms with Gasteiger partial charge in [0.05, 0.1) is 24.2 Å². The minimum absolute atomic E-state index is 0.0524. The van der Waals surface area contributed by atoms with Gasteiger partial charge in [-0.15, -0.1) is 0 Å². The molecule has 0 N–H and O–H groups in total. The number of benzene rings is 3. The van der Waals surface area contributed by atoms with E-state index < -0.39 is 59.0 Å². The zero-order chi connectivity index (χ0) is 28.8. The number of carbonyl (C=O) groups excluding carboxylic acids is 4. The Labute approximate surface area is 241 Å². The number of ether oxygens (including phenoxy) is 2. The van der Waals surface area contributed by atoms with Crippen LogP contribution in [0.3, 0.4) is 0 Å². The Morgan fingerprint density at radius 1 is 0.643 bits per heavy atom. The largest absolute Gasteiger partial charge is 0.445 e. The van der Waals surface area contributed by atoms with Gasteiger partial charge in [-0.2, -0.15) is 0 Å². The lowest BCUT2D eigenvalue weighted by atomic mass is 9.52. The van der Waals surface area contributed by atoms with Gasteiger partial charge in [0.1, 0.15) is 24.0 Å². The smallest absolute Gasteiger partial charge is 0.411 e. The second-order valence-electron chi connectivity index (χ2n) is 11.5. The number of hydrogen-bond acceptors (Lipinski definition) is 6. The van der Waals surface area contributed by atoms with Crippen LogP contribution in [0.25, 0.3) is 0 Å². The van der Waals surface area contributed by atoms with Crippen LogP contribution >= 0.6 is 0 Å². The van der Waals surface area contributed by atoms with E-state index in [9.17, 15) is 19.2 Å². The molecule has 3 aromatic carbocycles. The minimum Gasteiger partial charge on any atom is -0.445 e. The van der Waals surface area contributed by atoms with E-state index in [0.29, 0.717) is 0 Å². The zero-order valence-corrected chi connectivity index (χ0v) is 22.8. The Morgan fingerprint density at radius 2 is 1.05 bits per heavy atom. The lowest BCUT2D eigenvalue weighted by Crippen LogP contribution is -2.53. The zero-order valence-electron chi connectivity index (χ0n) is 22.8. The van der Waals surface area contributed by atoms with E-state index >= 15 is 0 Å². The summed E-state index contributed by atoms with van der Waals surface area (Å²) in [7, 11) is 1.50. The van der Waals surface area contributed by atoms with Crippen LogP contribution < -0.4 is 0 Å². The number of rotatable bonds is 4. The average molecular weight is 562 g/mol. The molecule has 3 saturated heterocycles. The number of imide groups is 1. The molecule has 9 heteroatoms. The maximum atomic E-state index is 14.4. The standard InChI is InChI=1S/C33H27N3O6/c1-34-28(37)32-24-16-17-25(35(24)30(39)41-18-20-10-4-2-5-11-20)33(32,29(34)38)27-23-15-9-8-14-22(23)26(32)36(27)31(40)42-19-21-12-6-3-7-13-21/h2-17,24-27H,18-19H2,1H3/t24-,25+,26+,27-,32+,33-. The quantitative estimate of drug-likeness (QED) is 0.347. The van der Waals surface area contributed by atoms with Crippen LogP contribution in [0, 0.1) is 10.8 Å². The molecule has 3 aromatic rings. The van der Waals surface area contributed by atoms with Crippen molar-refractivity contribution in [3.8, 4) is 0 Å². The second-order valence-corrected chi connectivity index (χ2v) is 11.5. The molecule has 0 aromatic heterocycles. The van der Waals surface area contributed by atoms with E-state index in [-0.39, 0.29) is 13.2 Å². The molecule has 0 saturated carbocycles. The minimum atomic E-state index is -1.41. The van der Waals surface area contributed by atoms with E-state index in [4.69, 9.17) is 9.47 Å². The maximum Gasteiger partial charge on any atom is 0.411 e. The number of likely N-dealkylation sites (tertiary alicyclic amines) is 1. The highest BCUT2D eigenvalue weighted by Crippen LogP contribution is 2.81. The summed E-state index contributed by atoms with van der Waals surface area (Å²) in [4.78, 5) is 60.8. The van der Waals surface area contributed by atoms with Gasteiger partial charge >= 0.3 is 12.2 Å². The first kappa shape index (κ1) is 24.8. The molecule has 42 heavy (non-hydrogen) atoms. The fourth-order valence-corrected chi connectivity index (χ4v) is 8.48. The molecular formula is C33H27N3O6. The highest BCUT2D eigenvalue weighted by Gasteiger charge is 2.93. The van der Waals surface area contributed by atoms with Crippen molar-refractivity contribution in [3.05, 3.63) is 119 Å². The molecule has 0 spiro atoms. The monoisotopic (exact) mass is 561 g/mol. The predicted molar refractivity (Wildman–Crippen MR) is 148 cm³/mol. The summed E-state index contributed by atoms with van der Waals surface area (Å²) in [6.07, 6.45) is 2.46. The van der Waals surface area contributed by atoms with Crippen LogP contribution in [-0.2, 0) is 32.3 Å². The van der Waals surface area contributed by atoms with E-state index in [1.807, 2.05) is 97.1 Å². The Hall–Kier alpha value is -4.92. The van der Waals surface area contributed by atoms with Crippen molar-refractivity contribution in [1.29, 1.82) is 0 Å².